The van der Waals surface area contributed by atoms with E-state index in [-0.39, 0.29) is 25.9 Å². The van der Waals surface area contributed by atoms with E-state index in [1.807, 2.05) is 0 Å². The number of esters is 4. The van der Waals surface area contributed by atoms with Gasteiger partial charge in [-0.1, -0.05) is 0 Å². The van der Waals surface area contributed by atoms with E-state index < -0.39 is 23.9 Å². The SMILES string of the molecule is CC1COC(=O)C=CC(=O)O1.O=C1C=CC(=O)OCCCO1.OCCO. The third kappa shape index (κ3) is 13.7. The number of carbonyl (C=O) groups excluding carboxylic acids is 4. The molecule has 2 N–H and O–H groups in total. The third-order valence-electron chi connectivity index (χ3n) is 2.37. The highest BCUT2D eigenvalue weighted by Gasteiger charge is 2.12. The van der Waals surface area contributed by atoms with Crippen LogP contribution < -0.4 is 0 Å². The van der Waals surface area contributed by atoms with Gasteiger partial charge in [0.05, 0.1) is 26.4 Å². The zero-order valence-electron chi connectivity index (χ0n) is 14.3. The van der Waals surface area contributed by atoms with E-state index in [4.69, 9.17) is 14.9 Å². The summed E-state index contributed by atoms with van der Waals surface area (Å²) in [6.07, 6.45) is 4.42. The van der Waals surface area contributed by atoms with Crippen LogP contribution in [0.4, 0.5) is 0 Å². The van der Waals surface area contributed by atoms with E-state index in [1.165, 1.54) is 0 Å². The van der Waals surface area contributed by atoms with Crippen LogP contribution in [0.5, 0.6) is 0 Å². The molecular formula is C16H22O10. The number of carbonyl (C=O) groups is 4. The predicted octanol–water partition coefficient (Wildman–Crippen LogP) is -0.965. The fourth-order valence-electron chi connectivity index (χ4n) is 1.29. The number of hydrogen-bond donors (Lipinski definition) is 2. The molecule has 0 spiro atoms. The quantitative estimate of drug-likeness (QED) is 0.434. The summed E-state index contributed by atoms with van der Waals surface area (Å²) in [4.78, 5) is 42.5. The Labute approximate surface area is 150 Å². The van der Waals surface area contributed by atoms with Crippen molar-refractivity contribution in [2.24, 2.45) is 0 Å². The molecule has 2 aliphatic rings. The minimum Gasteiger partial charge on any atom is -0.462 e. The number of aliphatic hydroxyl groups is 2. The van der Waals surface area contributed by atoms with Gasteiger partial charge in [0.1, 0.15) is 12.7 Å². The van der Waals surface area contributed by atoms with Crippen molar-refractivity contribution in [1.29, 1.82) is 0 Å². The maximum Gasteiger partial charge on any atom is 0.331 e. The van der Waals surface area contributed by atoms with E-state index >= 15 is 0 Å². The van der Waals surface area contributed by atoms with Crippen molar-refractivity contribution in [3.8, 4) is 0 Å². The molecule has 1 unspecified atom stereocenters. The van der Waals surface area contributed by atoms with Crippen molar-refractivity contribution in [2.75, 3.05) is 33.0 Å². The largest absolute Gasteiger partial charge is 0.462 e. The highest BCUT2D eigenvalue weighted by Crippen LogP contribution is 1.98. The first-order valence-electron chi connectivity index (χ1n) is 7.67. The lowest BCUT2D eigenvalue weighted by molar-refractivity contribution is -0.153. The molecular weight excluding hydrogens is 352 g/mol. The smallest absolute Gasteiger partial charge is 0.331 e. The van der Waals surface area contributed by atoms with Gasteiger partial charge in [0.15, 0.2) is 0 Å². The van der Waals surface area contributed by atoms with E-state index in [2.05, 4.69) is 14.2 Å². The Morgan fingerprint density at radius 3 is 1.69 bits per heavy atom. The molecule has 2 heterocycles. The van der Waals surface area contributed by atoms with Gasteiger partial charge in [0.25, 0.3) is 0 Å². The number of ether oxygens (including phenoxy) is 4. The predicted molar refractivity (Wildman–Crippen MR) is 85.5 cm³/mol. The molecule has 0 amide bonds. The number of cyclic esters (lactones) is 4. The average Bonchev–Trinajstić information content (AvgIpc) is 2.71. The molecule has 0 aromatic carbocycles. The van der Waals surface area contributed by atoms with Gasteiger partial charge in [0, 0.05) is 30.7 Å². The van der Waals surface area contributed by atoms with Gasteiger partial charge in [-0.15, -0.1) is 0 Å². The molecule has 1 atom stereocenters. The molecule has 0 bridgehead atoms. The Morgan fingerprint density at radius 1 is 0.808 bits per heavy atom. The van der Waals surface area contributed by atoms with Gasteiger partial charge < -0.3 is 29.2 Å². The maximum absolute atomic E-state index is 10.7. The molecule has 0 aromatic heterocycles. The van der Waals surface area contributed by atoms with E-state index in [0.717, 1.165) is 24.3 Å². The second-order valence-electron chi connectivity index (χ2n) is 4.68. The minimum absolute atomic E-state index is 0.120. The summed E-state index contributed by atoms with van der Waals surface area (Å²) in [6.45, 7) is 2.13. The average molecular weight is 374 g/mol. The normalized spacial score (nSPS) is 19.9. The number of rotatable bonds is 1. The summed E-state index contributed by atoms with van der Waals surface area (Å²) in [7, 11) is 0. The van der Waals surface area contributed by atoms with Crippen LogP contribution in [0.25, 0.3) is 0 Å². The van der Waals surface area contributed by atoms with Gasteiger partial charge >= 0.3 is 23.9 Å². The van der Waals surface area contributed by atoms with Crippen LogP contribution in [-0.4, -0.2) is 73.2 Å². The zero-order chi connectivity index (χ0) is 19.8. The lowest BCUT2D eigenvalue weighted by atomic mass is 10.4. The first-order valence-corrected chi connectivity index (χ1v) is 7.67. The Kier molecular flexibility index (Phi) is 13.1. The van der Waals surface area contributed by atoms with Crippen LogP contribution in [0.2, 0.25) is 0 Å². The van der Waals surface area contributed by atoms with Crippen molar-refractivity contribution in [1.82, 2.24) is 0 Å². The summed E-state index contributed by atoms with van der Waals surface area (Å²) < 4.78 is 18.7. The van der Waals surface area contributed by atoms with Crippen molar-refractivity contribution < 1.29 is 48.3 Å². The Balaban J connectivity index is 0.000000401. The molecule has 146 valence electrons. The van der Waals surface area contributed by atoms with Crippen LogP contribution in [-0.2, 0) is 38.1 Å². The van der Waals surface area contributed by atoms with E-state index in [0.29, 0.717) is 19.6 Å². The summed E-state index contributed by atoms with van der Waals surface area (Å²) in [6, 6.07) is 0. The molecule has 0 aliphatic carbocycles. The highest BCUT2D eigenvalue weighted by atomic mass is 16.6. The first kappa shape index (κ1) is 23.3. The molecule has 10 nitrogen and oxygen atoms in total. The van der Waals surface area contributed by atoms with Gasteiger partial charge in [-0.3, -0.25) is 0 Å². The highest BCUT2D eigenvalue weighted by molar-refractivity contribution is 5.92. The van der Waals surface area contributed by atoms with Crippen LogP contribution >= 0.6 is 0 Å². The topological polar surface area (TPSA) is 146 Å². The Bertz CT molecular complexity index is 498. The van der Waals surface area contributed by atoms with Crippen LogP contribution in [0.1, 0.15) is 13.3 Å². The second-order valence-corrected chi connectivity index (χ2v) is 4.68. The summed E-state index contributed by atoms with van der Waals surface area (Å²) >= 11 is 0. The van der Waals surface area contributed by atoms with Crippen molar-refractivity contribution in [3.63, 3.8) is 0 Å². The Morgan fingerprint density at radius 2 is 1.23 bits per heavy atom. The van der Waals surface area contributed by atoms with Gasteiger partial charge in [-0.25, -0.2) is 19.2 Å². The number of hydrogen-bond acceptors (Lipinski definition) is 10. The summed E-state index contributed by atoms with van der Waals surface area (Å²) in [5, 5.41) is 15.2. The molecule has 2 rings (SSSR count). The molecule has 0 radical (unpaired) electrons. The molecule has 2 aliphatic heterocycles. The fourth-order valence-corrected chi connectivity index (χ4v) is 1.29. The van der Waals surface area contributed by atoms with Gasteiger partial charge in [0.2, 0.25) is 0 Å². The van der Waals surface area contributed by atoms with Crippen LogP contribution in [0.3, 0.4) is 0 Å². The van der Waals surface area contributed by atoms with Gasteiger partial charge in [-0.2, -0.15) is 0 Å². The second kappa shape index (κ2) is 14.6. The monoisotopic (exact) mass is 374 g/mol. The van der Waals surface area contributed by atoms with Crippen molar-refractivity contribution in [3.05, 3.63) is 24.3 Å². The molecule has 26 heavy (non-hydrogen) atoms. The Hall–Kier alpha value is -2.72. The third-order valence-corrected chi connectivity index (χ3v) is 2.37. The van der Waals surface area contributed by atoms with Crippen LogP contribution in [0, 0.1) is 0 Å². The molecule has 0 fully saturated rings. The standard InChI is InChI=1S/2C7H8O4.C2H6O2/c1-5-4-10-6(8)2-3-7(9)11-5;8-6-2-3-7(9)11-5-1-4-10-6;3-1-2-4/h2-3,5H,4H2,1H3;2-3H,1,4-5H2;3-4H,1-2H2. The lowest BCUT2D eigenvalue weighted by Gasteiger charge is -2.13. The van der Waals surface area contributed by atoms with Crippen LogP contribution in [0.15, 0.2) is 24.3 Å². The summed E-state index contributed by atoms with van der Waals surface area (Å²) in [5.41, 5.74) is 0. The minimum atomic E-state index is -0.506. The maximum atomic E-state index is 10.7. The van der Waals surface area contributed by atoms with E-state index in [9.17, 15) is 19.2 Å². The fraction of sp³-hybridized carbons (Fsp3) is 0.500. The first-order chi connectivity index (χ1) is 12.4. The molecule has 10 heteroatoms. The van der Waals surface area contributed by atoms with E-state index in [1.54, 1.807) is 6.92 Å². The lowest BCUT2D eigenvalue weighted by Crippen LogP contribution is -2.23. The molecule has 0 aromatic rings. The van der Waals surface area contributed by atoms with Crippen molar-refractivity contribution >= 4 is 23.9 Å². The zero-order valence-corrected chi connectivity index (χ0v) is 14.3. The molecule has 0 saturated heterocycles. The number of aliphatic hydroxyl groups excluding tert-OH is 2. The summed E-state index contributed by atoms with van der Waals surface area (Å²) in [5.74, 6) is -2.00. The van der Waals surface area contributed by atoms with Crippen molar-refractivity contribution in [2.45, 2.75) is 19.4 Å². The van der Waals surface area contributed by atoms with Gasteiger partial charge in [-0.05, 0) is 6.92 Å². The molecule has 0 saturated carbocycles.